The van der Waals surface area contributed by atoms with Gasteiger partial charge in [-0.1, -0.05) is 55.8 Å². The van der Waals surface area contributed by atoms with Gasteiger partial charge in [0.25, 0.3) is 5.56 Å². The highest BCUT2D eigenvalue weighted by Crippen LogP contribution is 2.15. The highest BCUT2D eigenvalue weighted by molar-refractivity contribution is 5.92. The van der Waals surface area contributed by atoms with Crippen LogP contribution in [0.3, 0.4) is 0 Å². The molecule has 0 saturated carbocycles. The van der Waals surface area contributed by atoms with Gasteiger partial charge in [0.1, 0.15) is 5.69 Å². The lowest BCUT2D eigenvalue weighted by molar-refractivity contribution is -0.115. The Bertz CT molecular complexity index is 999. The maximum Gasteiger partial charge on any atom is 0.295 e. The molecule has 1 aromatic heterocycles. The summed E-state index contributed by atoms with van der Waals surface area (Å²) >= 11 is 0. The van der Waals surface area contributed by atoms with Crippen LogP contribution in [0.1, 0.15) is 36.6 Å². The number of hydrogen-bond acceptors (Lipinski definition) is 2. The summed E-state index contributed by atoms with van der Waals surface area (Å²) in [7, 11) is 1.81. The van der Waals surface area contributed by atoms with Crippen LogP contribution in [0.15, 0.2) is 59.4 Å². The Morgan fingerprint density at radius 1 is 1.00 bits per heavy atom. The first-order valence-corrected chi connectivity index (χ1v) is 9.73. The number of rotatable bonds is 7. The lowest BCUT2D eigenvalue weighted by Gasteiger charge is -2.07. The van der Waals surface area contributed by atoms with Gasteiger partial charge < -0.3 is 5.32 Å². The maximum absolute atomic E-state index is 12.9. The second-order valence-electron chi connectivity index (χ2n) is 7.08. The number of benzene rings is 2. The molecule has 0 aliphatic carbocycles. The third-order valence-corrected chi connectivity index (χ3v) is 5.03. The van der Waals surface area contributed by atoms with Crippen LogP contribution in [-0.4, -0.2) is 15.3 Å². The maximum atomic E-state index is 12.9. The number of aryl methyl sites for hydroxylation is 1. The number of para-hydroxylation sites is 1. The predicted molar refractivity (Wildman–Crippen MR) is 113 cm³/mol. The Morgan fingerprint density at radius 3 is 2.29 bits per heavy atom. The van der Waals surface area contributed by atoms with Crippen LogP contribution in [0.2, 0.25) is 0 Å². The first-order chi connectivity index (χ1) is 13.5. The van der Waals surface area contributed by atoms with Crippen LogP contribution in [0, 0.1) is 6.92 Å². The van der Waals surface area contributed by atoms with E-state index >= 15 is 0 Å². The first kappa shape index (κ1) is 19.7. The molecule has 28 heavy (non-hydrogen) atoms. The Morgan fingerprint density at radius 2 is 1.64 bits per heavy atom. The SMILES string of the molecule is CCCCc1ccc(CC(=O)Nc2c(C)n(C)n(-c3ccccc3)c2=O)cc1. The number of nitrogens with zero attached hydrogens (tertiary/aromatic N) is 2. The van der Waals surface area contributed by atoms with Gasteiger partial charge in [-0.3, -0.25) is 14.3 Å². The van der Waals surface area contributed by atoms with E-state index in [1.807, 2.05) is 56.4 Å². The highest BCUT2D eigenvalue weighted by atomic mass is 16.2. The normalized spacial score (nSPS) is 10.8. The van der Waals surface area contributed by atoms with Gasteiger partial charge in [-0.15, -0.1) is 0 Å². The minimum Gasteiger partial charge on any atom is -0.320 e. The zero-order valence-corrected chi connectivity index (χ0v) is 16.7. The van der Waals surface area contributed by atoms with Crippen molar-refractivity contribution >= 4 is 11.6 Å². The van der Waals surface area contributed by atoms with Gasteiger partial charge in [-0.05, 0) is 43.0 Å². The molecular weight excluding hydrogens is 350 g/mol. The van der Waals surface area contributed by atoms with E-state index in [0.717, 1.165) is 23.4 Å². The van der Waals surface area contributed by atoms with Gasteiger partial charge >= 0.3 is 0 Å². The number of carbonyl (C=O) groups excluding carboxylic acids is 1. The minimum atomic E-state index is -0.227. The molecule has 0 radical (unpaired) electrons. The molecule has 0 aliphatic rings. The zero-order valence-electron chi connectivity index (χ0n) is 16.7. The molecule has 0 spiro atoms. The summed E-state index contributed by atoms with van der Waals surface area (Å²) in [5.74, 6) is -0.188. The standard InChI is InChI=1S/C23H27N3O2/c1-4-5-9-18-12-14-19(15-13-18)16-21(27)24-22-17(2)25(3)26(23(22)28)20-10-7-6-8-11-20/h6-8,10-15H,4-5,9,16H2,1-3H3,(H,24,27). The van der Waals surface area contributed by atoms with E-state index in [9.17, 15) is 9.59 Å². The number of aromatic nitrogens is 2. The quantitative estimate of drug-likeness (QED) is 0.676. The fraction of sp³-hybridized carbons (Fsp3) is 0.304. The highest BCUT2D eigenvalue weighted by Gasteiger charge is 2.18. The van der Waals surface area contributed by atoms with Crippen molar-refractivity contribution in [1.82, 2.24) is 9.36 Å². The zero-order chi connectivity index (χ0) is 20.1. The van der Waals surface area contributed by atoms with Crippen molar-refractivity contribution in [2.24, 2.45) is 7.05 Å². The number of anilines is 1. The van der Waals surface area contributed by atoms with Crippen LogP contribution in [0.5, 0.6) is 0 Å². The molecular formula is C23H27N3O2. The molecule has 3 aromatic rings. The number of amides is 1. The number of carbonyl (C=O) groups is 1. The summed E-state index contributed by atoms with van der Waals surface area (Å²) < 4.78 is 3.32. The van der Waals surface area contributed by atoms with Gasteiger partial charge in [0.2, 0.25) is 5.91 Å². The van der Waals surface area contributed by atoms with Crippen LogP contribution in [0.25, 0.3) is 5.69 Å². The Kier molecular flexibility index (Phi) is 6.14. The lowest BCUT2D eigenvalue weighted by Crippen LogP contribution is -2.23. The minimum absolute atomic E-state index is 0.188. The van der Waals surface area contributed by atoms with E-state index in [4.69, 9.17) is 0 Å². The van der Waals surface area contributed by atoms with Crippen molar-refractivity contribution in [2.45, 2.75) is 39.5 Å². The summed E-state index contributed by atoms with van der Waals surface area (Å²) in [6.45, 7) is 4.01. The summed E-state index contributed by atoms with van der Waals surface area (Å²) in [5, 5.41) is 2.81. The van der Waals surface area contributed by atoms with Gasteiger partial charge in [0.05, 0.1) is 17.8 Å². The number of unbranched alkanes of at least 4 members (excludes halogenated alkanes) is 1. The van der Waals surface area contributed by atoms with Crippen LogP contribution < -0.4 is 10.9 Å². The monoisotopic (exact) mass is 377 g/mol. The van der Waals surface area contributed by atoms with Crippen LogP contribution in [-0.2, 0) is 24.7 Å². The summed E-state index contributed by atoms with van der Waals surface area (Å²) in [5.41, 5.74) is 3.81. The van der Waals surface area contributed by atoms with Gasteiger partial charge in [-0.25, -0.2) is 4.68 Å². The first-order valence-electron chi connectivity index (χ1n) is 9.73. The van der Waals surface area contributed by atoms with E-state index < -0.39 is 0 Å². The molecule has 1 N–H and O–H groups in total. The molecule has 0 atom stereocenters. The van der Waals surface area contributed by atoms with Crippen LogP contribution >= 0.6 is 0 Å². The van der Waals surface area contributed by atoms with Crippen molar-refractivity contribution in [1.29, 1.82) is 0 Å². The molecule has 5 nitrogen and oxygen atoms in total. The largest absolute Gasteiger partial charge is 0.320 e. The van der Waals surface area contributed by atoms with Crippen molar-refractivity contribution in [3.05, 3.63) is 81.8 Å². The van der Waals surface area contributed by atoms with Crippen molar-refractivity contribution in [3.63, 3.8) is 0 Å². The van der Waals surface area contributed by atoms with Gasteiger partial charge in [-0.2, -0.15) is 0 Å². The number of nitrogens with one attached hydrogen (secondary N) is 1. The summed E-state index contributed by atoms with van der Waals surface area (Å²) in [4.78, 5) is 25.4. The smallest absolute Gasteiger partial charge is 0.295 e. The average Bonchev–Trinajstić information content (AvgIpc) is 2.91. The van der Waals surface area contributed by atoms with E-state index in [0.29, 0.717) is 5.69 Å². The Labute approximate surface area is 165 Å². The van der Waals surface area contributed by atoms with E-state index in [2.05, 4.69) is 24.4 Å². The molecule has 5 heteroatoms. The second kappa shape index (κ2) is 8.74. The Hall–Kier alpha value is -3.08. The van der Waals surface area contributed by atoms with E-state index in [1.165, 1.54) is 18.4 Å². The molecule has 1 heterocycles. The molecule has 2 aromatic carbocycles. The molecule has 0 bridgehead atoms. The predicted octanol–water partition coefficient (Wildman–Crippen LogP) is 4.01. The van der Waals surface area contributed by atoms with E-state index in [-0.39, 0.29) is 17.9 Å². The molecule has 0 aliphatic heterocycles. The van der Waals surface area contributed by atoms with Crippen molar-refractivity contribution in [3.8, 4) is 5.69 Å². The number of hydrogen-bond donors (Lipinski definition) is 1. The molecule has 1 amide bonds. The average molecular weight is 377 g/mol. The van der Waals surface area contributed by atoms with Crippen molar-refractivity contribution in [2.75, 3.05) is 5.32 Å². The summed E-state index contributed by atoms with van der Waals surface area (Å²) in [6.07, 6.45) is 3.64. The fourth-order valence-corrected chi connectivity index (χ4v) is 3.29. The van der Waals surface area contributed by atoms with Crippen LogP contribution in [0.4, 0.5) is 5.69 Å². The van der Waals surface area contributed by atoms with Crippen molar-refractivity contribution < 1.29 is 4.79 Å². The second-order valence-corrected chi connectivity index (χ2v) is 7.08. The topological polar surface area (TPSA) is 56.0 Å². The molecule has 0 fully saturated rings. The third kappa shape index (κ3) is 4.25. The summed E-state index contributed by atoms with van der Waals surface area (Å²) in [6, 6.07) is 17.5. The third-order valence-electron chi connectivity index (χ3n) is 5.03. The molecule has 0 saturated heterocycles. The molecule has 146 valence electrons. The van der Waals surface area contributed by atoms with Gasteiger partial charge in [0.15, 0.2) is 0 Å². The molecule has 0 unspecified atom stereocenters. The van der Waals surface area contributed by atoms with E-state index in [1.54, 1.807) is 9.36 Å². The van der Waals surface area contributed by atoms with Gasteiger partial charge in [0, 0.05) is 7.05 Å². The fourth-order valence-electron chi connectivity index (χ4n) is 3.29. The Balaban J connectivity index is 1.75. The molecule has 3 rings (SSSR count). The lowest BCUT2D eigenvalue weighted by atomic mass is 10.0.